The van der Waals surface area contributed by atoms with E-state index in [0.29, 0.717) is 37.0 Å². The molecule has 1 aliphatic heterocycles. The summed E-state index contributed by atoms with van der Waals surface area (Å²) in [6, 6.07) is 9.47. The van der Waals surface area contributed by atoms with Crippen LogP contribution in [0.3, 0.4) is 0 Å². The van der Waals surface area contributed by atoms with Gasteiger partial charge in [-0.15, -0.1) is 0 Å². The molecule has 2 aromatic heterocycles. The van der Waals surface area contributed by atoms with Gasteiger partial charge in [-0.05, 0) is 56.9 Å². The van der Waals surface area contributed by atoms with Crippen molar-refractivity contribution in [2.24, 2.45) is 0 Å². The summed E-state index contributed by atoms with van der Waals surface area (Å²) >= 11 is 0. The summed E-state index contributed by atoms with van der Waals surface area (Å²) in [4.78, 5) is 19.4. The topological polar surface area (TPSA) is 86.3 Å². The van der Waals surface area contributed by atoms with E-state index < -0.39 is 0 Å². The number of piperidine rings is 1. The molecule has 1 fully saturated rings. The summed E-state index contributed by atoms with van der Waals surface area (Å²) in [5.41, 5.74) is 1.61. The highest BCUT2D eigenvalue weighted by molar-refractivity contribution is 5.92. The molecule has 3 heterocycles. The minimum absolute atomic E-state index is 0.0885. The Morgan fingerprint density at radius 3 is 3.00 bits per heavy atom. The number of rotatable bonds is 7. The van der Waals surface area contributed by atoms with Gasteiger partial charge < -0.3 is 14.2 Å². The number of carbonyl (C=O) groups excluding carboxylic acids is 1. The first-order valence-corrected chi connectivity index (χ1v) is 10.5. The summed E-state index contributed by atoms with van der Waals surface area (Å²) in [5, 5.41) is 8.46. The van der Waals surface area contributed by atoms with E-state index in [1.54, 1.807) is 10.7 Å². The smallest absolute Gasteiger partial charge is 0.275 e. The molecule has 0 aliphatic carbocycles. The minimum atomic E-state index is -0.211. The number of nitrogens with zero attached hydrogens (tertiary/aromatic N) is 5. The lowest BCUT2D eigenvalue weighted by Crippen LogP contribution is -2.39. The molecule has 1 amide bonds. The molecular weight excluding hydrogens is 382 g/mol. The van der Waals surface area contributed by atoms with Gasteiger partial charge in [-0.2, -0.15) is 10.1 Å². The maximum atomic E-state index is 13.0. The lowest BCUT2D eigenvalue weighted by Gasteiger charge is -2.32. The van der Waals surface area contributed by atoms with Crippen LogP contribution in [0.15, 0.2) is 41.1 Å². The van der Waals surface area contributed by atoms with E-state index in [1.807, 2.05) is 49.2 Å². The average Bonchev–Trinajstić information content (AvgIpc) is 3.43. The summed E-state index contributed by atoms with van der Waals surface area (Å²) in [6.07, 6.45) is 5.15. The van der Waals surface area contributed by atoms with Crippen LogP contribution in [0.2, 0.25) is 0 Å². The fourth-order valence-corrected chi connectivity index (χ4v) is 3.70. The molecule has 8 heteroatoms. The molecule has 0 N–H and O–H groups in total. The number of hydrogen-bond acceptors (Lipinski definition) is 6. The van der Waals surface area contributed by atoms with Crippen LogP contribution in [0, 0.1) is 6.92 Å². The third-order valence-electron chi connectivity index (χ3n) is 5.30. The lowest BCUT2D eigenvalue weighted by atomic mass is 10.0. The molecule has 1 saturated heterocycles. The second-order valence-electron chi connectivity index (χ2n) is 7.53. The van der Waals surface area contributed by atoms with Gasteiger partial charge in [0.2, 0.25) is 5.89 Å². The molecule has 1 aromatic carbocycles. The van der Waals surface area contributed by atoms with Crippen LogP contribution < -0.4 is 4.74 Å². The molecule has 4 rings (SSSR count). The van der Waals surface area contributed by atoms with Crippen molar-refractivity contribution in [3.8, 4) is 5.75 Å². The molecular formula is C22H27N5O3. The van der Waals surface area contributed by atoms with Crippen molar-refractivity contribution in [1.82, 2.24) is 24.8 Å². The SMILES string of the molecule is CCn1ccc(C(=O)N2CCCCC2c2nc(CCOc3cccc(C)c3)no2)n1. The number of hydrogen-bond donors (Lipinski definition) is 0. The van der Waals surface area contributed by atoms with Crippen molar-refractivity contribution < 1.29 is 14.1 Å². The first-order valence-electron chi connectivity index (χ1n) is 10.5. The molecule has 30 heavy (non-hydrogen) atoms. The van der Waals surface area contributed by atoms with Crippen LogP contribution in [0.5, 0.6) is 5.75 Å². The summed E-state index contributed by atoms with van der Waals surface area (Å²) in [7, 11) is 0. The van der Waals surface area contributed by atoms with E-state index in [1.165, 1.54) is 0 Å². The van der Waals surface area contributed by atoms with Crippen LogP contribution in [0.1, 0.15) is 60.0 Å². The van der Waals surface area contributed by atoms with Crippen LogP contribution in [0.25, 0.3) is 0 Å². The number of amides is 1. The Labute approximate surface area is 175 Å². The second-order valence-corrected chi connectivity index (χ2v) is 7.53. The largest absolute Gasteiger partial charge is 0.493 e. The summed E-state index contributed by atoms with van der Waals surface area (Å²) in [5.74, 6) is 1.82. The Hall–Kier alpha value is -3.16. The number of carbonyl (C=O) groups is 1. The fourth-order valence-electron chi connectivity index (χ4n) is 3.70. The van der Waals surface area contributed by atoms with Gasteiger partial charge >= 0.3 is 0 Å². The Kier molecular flexibility index (Phi) is 6.11. The first kappa shape index (κ1) is 20.1. The van der Waals surface area contributed by atoms with Crippen molar-refractivity contribution in [2.45, 2.75) is 52.1 Å². The van der Waals surface area contributed by atoms with Crippen LogP contribution in [-0.2, 0) is 13.0 Å². The highest BCUT2D eigenvalue weighted by atomic mass is 16.5. The number of aromatic nitrogens is 4. The van der Waals surface area contributed by atoms with Crippen LogP contribution >= 0.6 is 0 Å². The van der Waals surface area contributed by atoms with Gasteiger partial charge in [-0.1, -0.05) is 17.3 Å². The monoisotopic (exact) mass is 409 g/mol. The van der Waals surface area contributed by atoms with Crippen molar-refractivity contribution in [2.75, 3.05) is 13.2 Å². The highest BCUT2D eigenvalue weighted by Crippen LogP contribution is 2.31. The zero-order valence-electron chi connectivity index (χ0n) is 17.5. The third-order valence-corrected chi connectivity index (χ3v) is 5.30. The van der Waals surface area contributed by atoms with E-state index in [0.717, 1.165) is 37.1 Å². The van der Waals surface area contributed by atoms with Crippen molar-refractivity contribution in [3.05, 3.63) is 59.5 Å². The van der Waals surface area contributed by atoms with E-state index in [9.17, 15) is 4.79 Å². The van der Waals surface area contributed by atoms with Gasteiger partial charge in [0.05, 0.1) is 6.61 Å². The quantitative estimate of drug-likeness (QED) is 0.593. The molecule has 1 atom stereocenters. The van der Waals surface area contributed by atoms with Gasteiger partial charge in [0, 0.05) is 25.7 Å². The van der Waals surface area contributed by atoms with E-state index in [4.69, 9.17) is 9.26 Å². The van der Waals surface area contributed by atoms with Crippen LogP contribution in [0.4, 0.5) is 0 Å². The van der Waals surface area contributed by atoms with Gasteiger partial charge in [0.1, 0.15) is 17.5 Å². The second kappa shape index (κ2) is 9.11. The zero-order chi connectivity index (χ0) is 20.9. The van der Waals surface area contributed by atoms with Gasteiger partial charge in [-0.3, -0.25) is 9.48 Å². The summed E-state index contributed by atoms with van der Waals surface area (Å²) < 4.78 is 13.1. The molecule has 0 spiro atoms. The van der Waals surface area contributed by atoms with Gasteiger partial charge in [0.15, 0.2) is 5.82 Å². The van der Waals surface area contributed by atoms with Crippen molar-refractivity contribution >= 4 is 5.91 Å². The third kappa shape index (κ3) is 4.53. The summed E-state index contributed by atoms with van der Waals surface area (Å²) in [6.45, 7) is 5.88. The van der Waals surface area contributed by atoms with Gasteiger partial charge in [0.25, 0.3) is 5.91 Å². The molecule has 0 radical (unpaired) electrons. The molecule has 1 unspecified atom stereocenters. The number of aryl methyl sites for hydroxylation is 2. The molecule has 8 nitrogen and oxygen atoms in total. The van der Waals surface area contributed by atoms with Gasteiger partial charge in [-0.25, -0.2) is 0 Å². The Morgan fingerprint density at radius 2 is 2.20 bits per heavy atom. The number of likely N-dealkylation sites (tertiary alicyclic amines) is 1. The lowest BCUT2D eigenvalue weighted by molar-refractivity contribution is 0.0554. The van der Waals surface area contributed by atoms with Crippen molar-refractivity contribution in [3.63, 3.8) is 0 Å². The highest BCUT2D eigenvalue weighted by Gasteiger charge is 2.33. The molecule has 158 valence electrons. The average molecular weight is 409 g/mol. The minimum Gasteiger partial charge on any atom is -0.493 e. The molecule has 3 aromatic rings. The Bertz CT molecular complexity index is 996. The standard InChI is InChI=1S/C22H27N5O3/c1-3-26-13-10-18(24-26)22(28)27-12-5-4-9-19(27)21-23-20(25-30-21)11-14-29-17-8-6-7-16(2)15-17/h6-8,10,13,15,19H,3-5,9,11-12,14H2,1-2H3. The first-order chi connectivity index (χ1) is 14.6. The van der Waals surface area contributed by atoms with Crippen molar-refractivity contribution in [1.29, 1.82) is 0 Å². The predicted molar refractivity (Wildman–Crippen MR) is 110 cm³/mol. The Morgan fingerprint density at radius 1 is 1.30 bits per heavy atom. The number of ether oxygens (including phenoxy) is 1. The molecule has 0 bridgehead atoms. The Balaban J connectivity index is 1.40. The molecule has 0 saturated carbocycles. The predicted octanol–water partition coefficient (Wildman–Crippen LogP) is 3.58. The number of benzene rings is 1. The van der Waals surface area contributed by atoms with E-state index in [2.05, 4.69) is 15.2 Å². The maximum absolute atomic E-state index is 13.0. The molecule has 1 aliphatic rings. The van der Waals surface area contributed by atoms with E-state index >= 15 is 0 Å². The fraction of sp³-hybridized carbons (Fsp3) is 0.455. The van der Waals surface area contributed by atoms with Crippen LogP contribution in [-0.4, -0.2) is 43.9 Å². The zero-order valence-corrected chi connectivity index (χ0v) is 17.5. The van der Waals surface area contributed by atoms with E-state index in [-0.39, 0.29) is 11.9 Å². The maximum Gasteiger partial charge on any atom is 0.275 e. The normalized spacial score (nSPS) is 16.6.